The van der Waals surface area contributed by atoms with E-state index in [9.17, 15) is 0 Å². The molecule has 3 rings (SSSR count). The van der Waals surface area contributed by atoms with E-state index < -0.39 is 0 Å². The first-order valence-corrected chi connectivity index (χ1v) is 6.45. The summed E-state index contributed by atoms with van der Waals surface area (Å²) in [7, 11) is 0. The van der Waals surface area contributed by atoms with E-state index in [-0.39, 0.29) is 6.10 Å². The fourth-order valence-electron chi connectivity index (χ4n) is 2.46. The van der Waals surface area contributed by atoms with Gasteiger partial charge >= 0.3 is 0 Å². The number of rotatable bonds is 2. The van der Waals surface area contributed by atoms with Gasteiger partial charge in [0.05, 0.1) is 17.8 Å². The lowest BCUT2D eigenvalue weighted by atomic mass is 9.94. The maximum absolute atomic E-state index is 6.06. The van der Waals surface area contributed by atoms with Gasteiger partial charge in [-0.1, -0.05) is 12.1 Å². The van der Waals surface area contributed by atoms with E-state index >= 15 is 0 Å². The molecule has 1 heterocycles. The normalized spacial score (nSPS) is 24.1. The van der Waals surface area contributed by atoms with Crippen molar-refractivity contribution in [1.82, 2.24) is 10.2 Å². The molecule has 0 amide bonds. The van der Waals surface area contributed by atoms with Gasteiger partial charge in [0.15, 0.2) is 0 Å². The van der Waals surface area contributed by atoms with E-state index in [0.717, 1.165) is 42.3 Å². The van der Waals surface area contributed by atoms with Crippen LogP contribution >= 0.6 is 0 Å². The smallest absolute Gasteiger partial charge is 0.149 e. The molecule has 0 saturated heterocycles. The predicted octanol–water partition coefficient (Wildman–Crippen LogP) is 2.28. The lowest BCUT2D eigenvalue weighted by Gasteiger charge is -2.26. The molecule has 1 saturated carbocycles. The van der Waals surface area contributed by atoms with Crippen molar-refractivity contribution in [3.63, 3.8) is 0 Å². The summed E-state index contributed by atoms with van der Waals surface area (Å²) in [5.74, 6) is 0.834. The highest BCUT2D eigenvalue weighted by molar-refractivity contribution is 5.83. The van der Waals surface area contributed by atoms with Crippen LogP contribution in [-0.2, 0) is 0 Å². The Balaban J connectivity index is 1.82. The second-order valence-electron chi connectivity index (χ2n) is 4.88. The van der Waals surface area contributed by atoms with Crippen molar-refractivity contribution in [2.24, 2.45) is 5.73 Å². The molecule has 0 bridgehead atoms. The van der Waals surface area contributed by atoms with Crippen LogP contribution in [0.2, 0.25) is 0 Å². The number of aromatic nitrogens is 2. The second-order valence-corrected chi connectivity index (χ2v) is 4.88. The summed E-state index contributed by atoms with van der Waals surface area (Å²) in [6.45, 7) is 0. The van der Waals surface area contributed by atoms with Gasteiger partial charge in [-0.15, -0.1) is 0 Å². The van der Waals surface area contributed by atoms with Crippen molar-refractivity contribution in [1.29, 1.82) is 0 Å². The Morgan fingerprint density at radius 2 is 1.89 bits per heavy atom. The lowest BCUT2D eigenvalue weighted by molar-refractivity contribution is 0.148. The highest BCUT2D eigenvalue weighted by Gasteiger charge is 2.20. The molecule has 1 aliphatic carbocycles. The van der Waals surface area contributed by atoms with Crippen LogP contribution in [0.15, 0.2) is 30.5 Å². The summed E-state index contributed by atoms with van der Waals surface area (Å²) in [5, 5.41) is 9.12. The summed E-state index contributed by atoms with van der Waals surface area (Å²) in [6, 6.07) is 8.27. The van der Waals surface area contributed by atoms with Crippen molar-refractivity contribution in [2.75, 3.05) is 0 Å². The van der Waals surface area contributed by atoms with Crippen LogP contribution in [0.4, 0.5) is 0 Å². The molecular weight excluding hydrogens is 226 g/mol. The van der Waals surface area contributed by atoms with Gasteiger partial charge in [0.1, 0.15) is 5.75 Å². The van der Waals surface area contributed by atoms with Crippen LogP contribution < -0.4 is 10.5 Å². The standard InChI is InChI=1S/C14H17N3O/c15-10-5-7-11(8-6-10)18-14-9-16-17-13-4-2-1-3-12(13)14/h1-4,9-11H,5-8,15H2. The Bertz CT molecular complexity index is 530. The molecule has 1 aliphatic rings. The van der Waals surface area contributed by atoms with E-state index in [2.05, 4.69) is 10.2 Å². The molecule has 1 fully saturated rings. The van der Waals surface area contributed by atoms with Crippen LogP contribution in [0.1, 0.15) is 25.7 Å². The van der Waals surface area contributed by atoms with Crippen LogP contribution in [0.25, 0.3) is 10.9 Å². The quantitative estimate of drug-likeness (QED) is 0.879. The van der Waals surface area contributed by atoms with Gasteiger partial charge in [-0.25, -0.2) is 0 Å². The van der Waals surface area contributed by atoms with E-state index in [1.165, 1.54) is 0 Å². The van der Waals surface area contributed by atoms with E-state index in [1.807, 2.05) is 24.3 Å². The van der Waals surface area contributed by atoms with Crippen LogP contribution in [0.3, 0.4) is 0 Å². The van der Waals surface area contributed by atoms with Crippen molar-refractivity contribution in [3.05, 3.63) is 30.5 Å². The molecule has 2 aromatic rings. The molecule has 1 aromatic heterocycles. The van der Waals surface area contributed by atoms with Crippen molar-refractivity contribution >= 4 is 10.9 Å². The minimum atomic E-state index is 0.261. The number of hydrogen-bond donors (Lipinski definition) is 1. The first-order valence-electron chi connectivity index (χ1n) is 6.45. The van der Waals surface area contributed by atoms with Gasteiger partial charge in [-0.2, -0.15) is 10.2 Å². The predicted molar refractivity (Wildman–Crippen MR) is 70.4 cm³/mol. The molecule has 0 radical (unpaired) electrons. The van der Waals surface area contributed by atoms with Crippen LogP contribution in [0, 0.1) is 0 Å². The van der Waals surface area contributed by atoms with E-state index in [0.29, 0.717) is 6.04 Å². The zero-order chi connectivity index (χ0) is 12.4. The Morgan fingerprint density at radius 3 is 2.72 bits per heavy atom. The summed E-state index contributed by atoms with van der Waals surface area (Å²) in [4.78, 5) is 0. The third-order valence-corrected chi connectivity index (χ3v) is 3.52. The Kier molecular flexibility index (Phi) is 3.11. The Hall–Kier alpha value is -1.68. The first-order chi connectivity index (χ1) is 8.83. The largest absolute Gasteiger partial charge is 0.488 e. The number of benzene rings is 1. The molecule has 4 nitrogen and oxygen atoms in total. The SMILES string of the molecule is NC1CCC(Oc2cnnc3ccccc23)CC1. The van der Waals surface area contributed by atoms with Crippen LogP contribution in [0.5, 0.6) is 5.75 Å². The molecule has 0 unspecified atom stereocenters. The zero-order valence-corrected chi connectivity index (χ0v) is 10.2. The third-order valence-electron chi connectivity index (χ3n) is 3.52. The topological polar surface area (TPSA) is 61.0 Å². The molecular formula is C14H17N3O. The van der Waals surface area contributed by atoms with Gasteiger partial charge in [0, 0.05) is 11.4 Å². The van der Waals surface area contributed by atoms with E-state index in [1.54, 1.807) is 6.20 Å². The number of ether oxygens (including phenoxy) is 1. The zero-order valence-electron chi connectivity index (χ0n) is 10.2. The fourth-order valence-corrected chi connectivity index (χ4v) is 2.46. The second kappa shape index (κ2) is 4.90. The minimum absolute atomic E-state index is 0.261. The summed E-state index contributed by atoms with van der Waals surface area (Å²) >= 11 is 0. The lowest BCUT2D eigenvalue weighted by Crippen LogP contribution is -2.31. The van der Waals surface area contributed by atoms with Gasteiger partial charge in [0.2, 0.25) is 0 Å². The van der Waals surface area contributed by atoms with E-state index in [4.69, 9.17) is 10.5 Å². The fraction of sp³-hybridized carbons (Fsp3) is 0.429. The minimum Gasteiger partial charge on any atom is -0.488 e. The van der Waals surface area contributed by atoms with Crippen molar-refractivity contribution in [2.45, 2.75) is 37.8 Å². The van der Waals surface area contributed by atoms with Gasteiger partial charge < -0.3 is 10.5 Å². The number of hydrogen-bond acceptors (Lipinski definition) is 4. The maximum Gasteiger partial charge on any atom is 0.149 e. The molecule has 0 spiro atoms. The molecule has 0 atom stereocenters. The average molecular weight is 243 g/mol. The first kappa shape index (κ1) is 11.4. The highest BCUT2D eigenvalue weighted by atomic mass is 16.5. The van der Waals surface area contributed by atoms with Crippen molar-refractivity contribution < 1.29 is 4.74 Å². The van der Waals surface area contributed by atoms with Crippen LogP contribution in [-0.4, -0.2) is 22.3 Å². The summed E-state index contributed by atoms with van der Waals surface area (Å²) in [6.07, 6.45) is 6.10. The maximum atomic E-state index is 6.06. The number of nitrogens with two attached hydrogens (primary N) is 1. The third kappa shape index (κ3) is 2.29. The van der Waals surface area contributed by atoms with Gasteiger partial charge in [-0.05, 0) is 37.8 Å². The van der Waals surface area contributed by atoms with Crippen molar-refractivity contribution in [3.8, 4) is 5.75 Å². The van der Waals surface area contributed by atoms with Gasteiger partial charge in [0.25, 0.3) is 0 Å². The average Bonchev–Trinajstić information content (AvgIpc) is 2.42. The summed E-state index contributed by atoms with van der Waals surface area (Å²) in [5.41, 5.74) is 6.78. The Labute approximate surface area is 106 Å². The molecule has 0 aliphatic heterocycles. The molecule has 1 aromatic carbocycles. The van der Waals surface area contributed by atoms with Gasteiger partial charge in [-0.3, -0.25) is 0 Å². The number of fused-ring (bicyclic) bond motifs is 1. The molecule has 4 heteroatoms. The summed E-state index contributed by atoms with van der Waals surface area (Å²) < 4.78 is 6.06. The molecule has 18 heavy (non-hydrogen) atoms. The monoisotopic (exact) mass is 243 g/mol. The number of nitrogens with zero attached hydrogens (tertiary/aromatic N) is 2. The molecule has 2 N–H and O–H groups in total. The highest BCUT2D eigenvalue weighted by Crippen LogP contribution is 2.27. The Morgan fingerprint density at radius 1 is 1.11 bits per heavy atom. The molecule has 94 valence electrons.